The van der Waals surface area contributed by atoms with Gasteiger partial charge in [0.05, 0.1) is 5.56 Å². The van der Waals surface area contributed by atoms with Crippen LogP contribution in [-0.4, -0.2) is 36.4 Å². The topological polar surface area (TPSA) is 98.7 Å². The Kier molecular flexibility index (Phi) is 3.59. The second-order valence-corrected chi connectivity index (χ2v) is 4.64. The first-order valence-corrected chi connectivity index (χ1v) is 6.07. The van der Waals surface area contributed by atoms with Crippen LogP contribution in [0.25, 0.3) is 0 Å². The van der Waals surface area contributed by atoms with E-state index < -0.39 is 5.91 Å². The van der Waals surface area contributed by atoms with Crippen LogP contribution >= 0.6 is 0 Å². The highest BCUT2D eigenvalue weighted by molar-refractivity contribution is 5.96. The van der Waals surface area contributed by atoms with E-state index in [1.807, 2.05) is 0 Å². The number of amides is 2. The number of hydrogen-bond acceptors (Lipinski definition) is 4. The van der Waals surface area contributed by atoms with Gasteiger partial charge in [0.15, 0.2) is 6.61 Å². The summed E-state index contributed by atoms with van der Waals surface area (Å²) in [5, 5.41) is 0. The average Bonchev–Trinajstić information content (AvgIpc) is 3.20. The van der Waals surface area contributed by atoms with Crippen molar-refractivity contribution in [2.45, 2.75) is 18.9 Å². The van der Waals surface area contributed by atoms with Gasteiger partial charge in [-0.1, -0.05) is 0 Å². The van der Waals surface area contributed by atoms with Gasteiger partial charge >= 0.3 is 0 Å². The molecule has 0 saturated heterocycles. The lowest BCUT2D eigenvalue weighted by molar-refractivity contribution is -0.132. The average molecular weight is 263 g/mol. The molecule has 0 bridgehead atoms. The fourth-order valence-electron chi connectivity index (χ4n) is 1.77. The first-order valence-electron chi connectivity index (χ1n) is 6.07. The summed E-state index contributed by atoms with van der Waals surface area (Å²) in [5.41, 5.74) is 11.4. The fraction of sp³-hybridized carbons (Fsp3) is 0.385. The van der Waals surface area contributed by atoms with E-state index >= 15 is 0 Å². The third-order valence-corrected chi connectivity index (χ3v) is 3.11. The molecular weight excluding hydrogens is 246 g/mol. The molecule has 102 valence electrons. The molecule has 1 aliphatic rings. The van der Waals surface area contributed by atoms with Gasteiger partial charge in [-0.05, 0) is 31.0 Å². The van der Waals surface area contributed by atoms with E-state index in [2.05, 4.69) is 0 Å². The number of hydrogen-bond donors (Lipinski definition) is 2. The number of nitrogen functional groups attached to an aromatic ring is 1. The number of benzene rings is 1. The molecule has 1 fully saturated rings. The molecule has 1 aromatic carbocycles. The van der Waals surface area contributed by atoms with Crippen molar-refractivity contribution in [1.29, 1.82) is 0 Å². The van der Waals surface area contributed by atoms with Crippen molar-refractivity contribution in [3.05, 3.63) is 23.8 Å². The Balaban J connectivity index is 2.02. The van der Waals surface area contributed by atoms with Gasteiger partial charge in [-0.25, -0.2) is 0 Å². The first kappa shape index (κ1) is 13.2. The summed E-state index contributed by atoms with van der Waals surface area (Å²) in [4.78, 5) is 24.7. The number of primary amides is 1. The van der Waals surface area contributed by atoms with Crippen LogP contribution in [0.4, 0.5) is 5.69 Å². The molecular formula is C13H17N3O3. The molecule has 19 heavy (non-hydrogen) atoms. The van der Waals surface area contributed by atoms with Crippen LogP contribution in [0.15, 0.2) is 18.2 Å². The van der Waals surface area contributed by atoms with E-state index in [9.17, 15) is 9.59 Å². The molecule has 1 saturated carbocycles. The summed E-state index contributed by atoms with van der Waals surface area (Å²) >= 11 is 0. The Labute approximate surface area is 111 Å². The highest BCUT2D eigenvalue weighted by Gasteiger charge is 2.29. The van der Waals surface area contributed by atoms with E-state index in [0.29, 0.717) is 11.7 Å². The lowest BCUT2D eigenvalue weighted by atomic mass is 10.1. The van der Waals surface area contributed by atoms with E-state index in [1.165, 1.54) is 6.07 Å². The van der Waals surface area contributed by atoms with Crippen LogP contribution in [-0.2, 0) is 4.79 Å². The Bertz CT molecular complexity index is 512. The van der Waals surface area contributed by atoms with E-state index in [-0.39, 0.29) is 23.8 Å². The Hall–Kier alpha value is -2.24. The van der Waals surface area contributed by atoms with Crippen LogP contribution in [0.2, 0.25) is 0 Å². The van der Waals surface area contributed by atoms with Crippen LogP contribution in [0.1, 0.15) is 23.2 Å². The molecule has 0 heterocycles. The molecule has 0 aromatic heterocycles. The van der Waals surface area contributed by atoms with Gasteiger partial charge in [-0.2, -0.15) is 0 Å². The number of rotatable bonds is 5. The van der Waals surface area contributed by atoms with Crippen LogP contribution in [0.5, 0.6) is 5.75 Å². The SMILES string of the molecule is CN(C(=O)COc1ccc(N)cc1C(N)=O)C1CC1. The molecule has 2 rings (SSSR count). The first-order chi connectivity index (χ1) is 8.99. The largest absolute Gasteiger partial charge is 0.483 e. The minimum absolute atomic E-state index is 0.114. The number of carbonyl (C=O) groups excluding carboxylic acids is 2. The summed E-state index contributed by atoms with van der Waals surface area (Å²) in [6, 6.07) is 4.90. The predicted octanol–water partition coefficient (Wildman–Crippen LogP) is 0.367. The minimum Gasteiger partial charge on any atom is -0.483 e. The smallest absolute Gasteiger partial charge is 0.260 e. The van der Waals surface area contributed by atoms with E-state index in [1.54, 1.807) is 24.1 Å². The lowest BCUT2D eigenvalue weighted by Crippen LogP contribution is -2.33. The highest BCUT2D eigenvalue weighted by atomic mass is 16.5. The van der Waals surface area contributed by atoms with Crippen molar-refractivity contribution in [2.24, 2.45) is 5.73 Å². The molecule has 2 amide bonds. The maximum atomic E-state index is 11.8. The number of ether oxygens (including phenoxy) is 1. The molecule has 0 radical (unpaired) electrons. The second kappa shape index (κ2) is 5.17. The summed E-state index contributed by atoms with van der Waals surface area (Å²) in [5.74, 6) is -0.473. The molecule has 1 aliphatic carbocycles. The van der Waals surface area contributed by atoms with Crippen LogP contribution in [0.3, 0.4) is 0 Å². The number of nitrogens with two attached hydrogens (primary N) is 2. The van der Waals surface area contributed by atoms with Gasteiger partial charge in [-0.15, -0.1) is 0 Å². The van der Waals surface area contributed by atoms with Gasteiger partial charge in [0.1, 0.15) is 5.75 Å². The third kappa shape index (κ3) is 3.15. The molecule has 1 aromatic rings. The van der Waals surface area contributed by atoms with Gasteiger partial charge < -0.3 is 21.1 Å². The molecule has 4 N–H and O–H groups in total. The zero-order chi connectivity index (χ0) is 14.0. The summed E-state index contributed by atoms with van der Waals surface area (Å²) in [6.45, 7) is -0.114. The molecule has 0 atom stereocenters. The molecule has 0 spiro atoms. The van der Waals surface area contributed by atoms with Gasteiger partial charge in [0.25, 0.3) is 11.8 Å². The van der Waals surface area contributed by atoms with Crippen molar-refractivity contribution in [3.8, 4) is 5.75 Å². The Morgan fingerprint density at radius 2 is 2.11 bits per heavy atom. The number of likely N-dealkylation sites (N-methyl/N-ethyl adjacent to an activating group) is 1. The Morgan fingerprint density at radius 3 is 2.68 bits per heavy atom. The summed E-state index contributed by atoms with van der Waals surface area (Å²) < 4.78 is 5.37. The second-order valence-electron chi connectivity index (χ2n) is 4.64. The van der Waals surface area contributed by atoms with Crippen molar-refractivity contribution in [3.63, 3.8) is 0 Å². The standard InChI is InChI=1S/C13H17N3O3/c1-16(9-3-4-9)12(17)7-19-11-5-2-8(14)6-10(11)13(15)18/h2,5-6,9H,3-4,7,14H2,1H3,(H2,15,18). The molecule has 6 nitrogen and oxygen atoms in total. The maximum absolute atomic E-state index is 11.8. The predicted molar refractivity (Wildman–Crippen MR) is 70.7 cm³/mol. The van der Waals surface area contributed by atoms with Crippen LogP contribution in [0, 0.1) is 0 Å². The number of nitrogens with zero attached hydrogens (tertiary/aromatic N) is 1. The molecule has 6 heteroatoms. The number of anilines is 1. The molecule has 0 unspecified atom stereocenters. The van der Waals surface area contributed by atoms with Gasteiger partial charge in [0, 0.05) is 18.8 Å². The zero-order valence-electron chi connectivity index (χ0n) is 10.8. The lowest BCUT2D eigenvalue weighted by Gasteiger charge is -2.17. The van der Waals surface area contributed by atoms with Gasteiger partial charge in [-0.3, -0.25) is 9.59 Å². The summed E-state index contributed by atoms with van der Waals surface area (Å²) in [6.07, 6.45) is 2.08. The normalized spacial score (nSPS) is 13.9. The highest BCUT2D eigenvalue weighted by Crippen LogP contribution is 2.26. The van der Waals surface area contributed by atoms with Crippen molar-refractivity contribution in [2.75, 3.05) is 19.4 Å². The minimum atomic E-state index is -0.634. The van der Waals surface area contributed by atoms with Crippen molar-refractivity contribution >= 4 is 17.5 Å². The van der Waals surface area contributed by atoms with Crippen molar-refractivity contribution < 1.29 is 14.3 Å². The summed E-state index contributed by atoms with van der Waals surface area (Å²) in [7, 11) is 1.75. The zero-order valence-corrected chi connectivity index (χ0v) is 10.8. The Morgan fingerprint density at radius 1 is 1.42 bits per heavy atom. The van der Waals surface area contributed by atoms with Gasteiger partial charge in [0.2, 0.25) is 0 Å². The van der Waals surface area contributed by atoms with E-state index in [4.69, 9.17) is 16.2 Å². The van der Waals surface area contributed by atoms with E-state index in [0.717, 1.165) is 12.8 Å². The number of carbonyl (C=O) groups is 2. The molecule has 0 aliphatic heterocycles. The van der Waals surface area contributed by atoms with Crippen LogP contribution < -0.4 is 16.2 Å². The fourth-order valence-corrected chi connectivity index (χ4v) is 1.77. The quantitative estimate of drug-likeness (QED) is 0.749. The monoisotopic (exact) mass is 263 g/mol. The maximum Gasteiger partial charge on any atom is 0.260 e. The third-order valence-electron chi connectivity index (χ3n) is 3.11. The van der Waals surface area contributed by atoms with Crippen molar-refractivity contribution in [1.82, 2.24) is 4.90 Å².